The zero-order valence-corrected chi connectivity index (χ0v) is 9.61. The van der Waals surface area contributed by atoms with Gasteiger partial charge in [-0.3, -0.25) is 4.98 Å². The summed E-state index contributed by atoms with van der Waals surface area (Å²) in [6.45, 7) is 2.36. The highest BCUT2D eigenvalue weighted by Crippen LogP contribution is 2.21. The molecule has 0 unspecified atom stereocenters. The molecule has 0 aliphatic carbocycles. The molecular formula is C10H15ClN2S. The van der Waals surface area contributed by atoms with Crippen LogP contribution >= 0.6 is 24.2 Å². The summed E-state index contributed by atoms with van der Waals surface area (Å²) in [6, 6.07) is 4.14. The van der Waals surface area contributed by atoms with E-state index in [1.807, 2.05) is 30.2 Å². The molecule has 14 heavy (non-hydrogen) atoms. The summed E-state index contributed by atoms with van der Waals surface area (Å²) in [5.41, 5.74) is 1.33. The zero-order chi connectivity index (χ0) is 8.93. The summed E-state index contributed by atoms with van der Waals surface area (Å²) in [6.07, 6.45) is 5.09. The molecule has 0 bridgehead atoms. The maximum Gasteiger partial charge on any atom is 0.0308 e. The van der Waals surface area contributed by atoms with Crippen LogP contribution in [0.4, 0.5) is 0 Å². The van der Waals surface area contributed by atoms with Crippen molar-refractivity contribution in [2.75, 3.05) is 13.1 Å². The molecule has 2 rings (SSSR count). The molecule has 0 spiro atoms. The molecule has 1 fully saturated rings. The second-order valence-electron chi connectivity index (χ2n) is 3.29. The van der Waals surface area contributed by atoms with E-state index in [4.69, 9.17) is 0 Å². The van der Waals surface area contributed by atoms with Crippen LogP contribution in [0.5, 0.6) is 0 Å². The highest BCUT2D eigenvalue weighted by Gasteiger charge is 2.14. The van der Waals surface area contributed by atoms with Crippen molar-refractivity contribution >= 4 is 24.2 Å². The topological polar surface area (TPSA) is 24.9 Å². The molecule has 4 heteroatoms. The fourth-order valence-electron chi connectivity index (χ4n) is 1.47. The number of thioether (sulfide) groups is 1. The van der Waals surface area contributed by atoms with Gasteiger partial charge in [-0.15, -0.1) is 12.4 Å². The van der Waals surface area contributed by atoms with Crippen LogP contribution in [0.25, 0.3) is 0 Å². The third-order valence-electron chi connectivity index (χ3n) is 2.22. The van der Waals surface area contributed by atoms with Gasteiger partial charge in [0.2, 0.25) is 0 Å². The zero-order valence-electron chi connectivity index (χ0n) is 7.98. The lowest BCUT2D eigenvalue weighted by Gasteiger charge is -2.06. The van der Waals surface area contributed by atoms with E-state index in [1.54, 1.807) is 0 Å². The molecule has 1 atom stereocenters. The Labute approximate surface area is 95.3 Å². The quantitative estimate of drug-likeness (QED) is 0.861. The number of hydrogen-bond acceptors (Lipinski definition) is 3. The van der Waals surface area contributed by atoms with Gasteiger partial charge in [0.1, 0.15) is 0 Å². The van der Waals surface area contributed by atoms with Gasteiger partial charge in [-0.25, -0.2) is 0 Å². The van der Waals surface area contributed by atoms with E-state index >= 15 is 0 Å². The number of rotatable bonds is 3. The summed E-state index contributed by atoms with van der Waals surface area (Å²) in [5.74, 6) is 1.10. The van der Waals surface area contributed by atoms with Gasteiger partial charge in [0.15, 0.2) is 0 Å². The summed E-state index contributed by atoms with van der Waals surface area (Å²) in [4.78, 5) is 4.10. The van der Waals surface area contributed by atoms with E-state index in [2.05, 4.69) is 16.4 Å². The van der Waals surface area contributed by atoms with Gasteiger partial charge in [-0.2, -0.15) is 11.8 Å². The smallest absolute Gasteiger partial charge is 0.0308 e. The molecule has 1 aliphatic heterocycles. The molecule has 1 aromatic heterocycles. The first-order chi connectivity index (χ1) is 6.45. The van der Waals surface area contributed by atoms with Crippen molar-refractivity contribution in [1.82, 2.24) is 10.3 Å². The lowest BCUT2D eigenvalue weighted by atomic mass is 10.3. The van der Waals surface area contributed by atoms with Gasteiger partial charge in [0.05, 0.1) is 0 Å². The van der Waals surface area contributed by atoms with Crippen molar-refractivity contribution in [1.29, 1.82) is 0 Å². The van der Waals surface area contributed by atoms with Crippen LogP contribution < -0.4 is 5.32 Å². The number of aromatic nitrogens is 1. The predicted molar refractivity (Wildman–Crippen MR) is 64.1 cm³/mol. The number of nitrogens with one attached hydrogen (secondary N) is 1. The number of pyridine rings is 1. The minimum atomic E-state index is 0. The van der Waals surface area contributed by atoms with E-state index in [-0.39, 0.29) is 12.4 Å². The largest absolute Gasteiger partial charge is 0.316 e. The average Bonchev–Trinajstić information content (AvgIpc) is 2.69. The Kier molecular flexibility index (Phi) is 5.30. The Balaban J connectivity index is 0.000000980. The molecule has 0 amide bonds. The van der Waals surface area contributed by atoms with Gasteiger partial charge in [0, 0.05) is 29.9 Å². The fourth-order valence-corrected chi connectivity index (χ4v) is 2.59. The van der Waals surface area contributed by atoms with Crippen LogP contribution in [0.15, 0.2) is 24.5 Å². The Morgan fingerprint density at radius 3 is 3.14 bits per heavy atom. The predicted octanol–water partition coefficient (Wildman–Crippen LogP) is 2.10. The summed E-state index contributed by atoms with van der Waals surface area (Å²) >= 11 is 2.03. The standard InChI is InChI=1S/C10H14N2S.ClH/c1-2-9(6-11-4-1)8-13-10-3-5-12-7-10;/h1-2,4,6,10,12H,3,5,7-8H2;1H/t10-;/m1./s1. The lowest BCUT2D eigenvalue weighted by molar-refractivity contribution is 0.858. The third kappa shape index (κ3) is 3.48. The average molecular weight is 231 g/mol. The number of hydrogen-bond donors (Lipinski definition) is 1. The first-order valence-corrected chi connectivity index (χ1v) is 5.71. The van der Waals surface area contributed by atoms with Gasteiger partial charge < -0.3 is 5.32 Å². The van der Waals surface area contributed by atoms with Crippen LogP contribution in [0.1, 0.15) is 12.0 Å². The summed E-state index contributed by atoms with van der Waals surface area (Å²) in [5, 5.41) is 4.18. The van der Waals surface area contributed by atoms with Crippen LogP contribution in [-0.4, -0.2) is 23.3 Å². The monoisotopic (exact) mass is 230 g/mol. The number of nitrogens with zero attached hydrogens (tertiary/aromatic N) is 1. The van der Waals surface area contributed by atoms with Crippen molar-refractivity contribution < 1.29 is 0 Å². The molecule has 2 heterocycles. The molecule has 2 nitrogen and oxygen atoms in total. The molecule has 0 radical (unpaired) electrons. The van der Waals surface area contributed by atoms with E-state index in [1.165, 1.54) is 25.1 Å². The first kappa shape index (κ1) is 11.8. The molecule has 1 N–H and O–H groups in total. The van der Waals surface area contributed by atoms with Gasteiger partial charge in [-0.1, -0.05) is 6.07 Å². The van der Waals surface area contributed by atoms with Gasteiger partial charge in [-0.05, 0) is 24.6 Å². The van der Waals surface area contributed by atoms with Crippen LogP contribution in [0.2, 0.25) is 0 Å². The molecule has 0 aromatic carbocycles. The van der Waals surface area contributed by atoms with Crippen molar-refractivity contribution in [3.8, 4) is 0 Å². The Hall–Kier alpha value is -0.250. The van der Waals surface area contributed by atoms with Crippen molar-refractivity contribution in [3.05, 3.63) is 30.1 Å². The minimum absolute atomic E-state index is 0. The summed E-state index contributed by atoms with van der Waals surface area (Å²) < 4.78 is 0. The maximum absolute atomic E-state index is 4.10. The SMILES string of the molecule is Cl.c1cncc(CS[C@@H]2CCNC2)c1. The molecular weight excluding hydrogens is 216 g/mol. The van der Waals surface area contributed by atoms with Crippen LogP contribution in [-0.2, 0) is 5.75 Å². The Morgan fingerprint density at radius 1 is 1.57 bits per heavy atom. The Bertz CT molecular complexity index is 250. The van der Waals surface area contributed by atoms with Crippen molar-refractivity contribution in [2.24, 2.45) is 0 Å². The van der Waals surface area contributed by atoms with Gasteiger partial charge in [0.25, 0.3) is 0 Å². The van der Waals surface area contributed by atoms with Crippen molar-refractivity contribution in [2.45, 2.75) is 17.4 Å². The fraction of sp³-hybridized carbons (Fsp3) is 0.500. The van der Waals surface area contributed by atoms with E-state index in [9.17, 15) is 0 Å². The van der Waals surface area contributed by atoms with Crippen molar-refractivity contribution in [3.63, 3.8) is 0 Å². The molecule has 1 aromatic rings. The maximum atomic E-state index is 4.10. The summed E-state index contributed by atoms with van der Waals surface area (Å²) in [7, 11) is 0. The molecule has 1 saturated heterocycles. The second-order valence-corrected chi connectivity index (χ2v) is 4.58. The molecule has 78 valence electrons. The van der Waals surface area contributed by atoms with E-state index < -0.39 is 0 Å². The third-order valence-corrected chi connectivity index (χ3v) is 3.60. The van der Waals surface area contributed by atoms with Gasteiger partial charge >= 0.3 is 0 Å². The van der Waals surface area contributed by atoms with E-state index in [0.29, 0.717) is 0 Å². The normalized spacial score (nSPS) is 20.4. The van der Waals surface area contributed by atoms with Crippen LogP contribution in [0, 0.1) is 0 Å². The number of halogens is 1. The highest BCUT2D eigenvalue weighted by atomic mass is 35.5. The Morgan fingerprint density at radius 2 is 2.50 bits per heavy atom. The second kappa shape index (κ2) is 6.27. The lowest BCUT2D eigenvalue weighted by Crippen LogP contribution is -2.10. The molecule has 1 aliphatic rings. The highest BCUT2D eigenvalue weighted by molar-refractivity contribution is 7.99. The van der Waals surface area contributed by atoms with Crippen LogP contribution in [0.3, 0.4) is 0 Å². The minimum Gasteiger partial charge on any atom is -0.316 e. The molecule has 0 saturated carbocycles. The first-order valence-electron chi connectivity index (χ1n) is 4.66. The van der Waals surface area contributed by atoms with E-state index in [0.717, 1.165) is 11.0 Å².